The van der Waals surface area contributed by atoms with Gasteiger partial charge in [-0.1, -0.05) is 37.5 Å². The molecule has 1 aliphatic carbocycles. The first-order chi connectivity index (χ1) is 9.06. The fraction of sp³-hybridized carbons (Fsp3) is 0.647. The van der Waals surface area contributed by atoms with E-state index in [1.165, 1.54) is 31.2 Å². The number of aromatic hydroxyl groups is 1. The zero-order valence-corrected chi connectivity index (χ0v) is 12.4. The van der Waals surface area contributed by atoms with Crippen LogP contribution in [0.3, 0.4) is 0 Å². The van der Waals surface area contributed by atoms with Crippen LogP contribution >= 0.6 is 0 Å². The predicted octanol–water partition coefficient (Wildman–Crippen LogP) is 4.18. The van der Waals surface area contributed by atoms with E-state index in [9.17, 15) is 5.11 Å². The highest BCUT2D eigenvalue weighted by atomic mass is 16.3. The van der Waals surface area contributed by atoms with Crippen molar-refractivity contribution >= 4 is 0 Å². The van der Waals surface area contributed by atoms with Crippen LogP contribution in [0.5, 0.6) is 5.75 Å². The van der Waals surface area contributed by atoms with Gasteiger partial charge >= 0.3 is 0 Å². The van der Waals surface area contributed by atoms with E-state index in [1.807, 2.05) is 6.07 Å². The summed E-state index contributed by atoms with van der Waals surface area (Å²) < 4.78 is 0. The molecule has 0 aromatic heterocycles. The third-order valence-corrected chi connectivity index (χ3v) is 4.50. The lowest BCUT2D eigenvalue weighted by Crippen LogP contribution is -2.28. The molecule has 0 spiro atoms. The van der Waals surface area contributed by atoms with Crippen molar-refractivity contribution in [3.63, 3.8) is 0 Å². The number of hydrogen-bond donors (Lipinski definition) is 2. The molecule has 0 aliphatic heterocycles. The molecule has 2 heteroatoms. The van der Waals surface area contributed by atoms with E-state index in [0.717, 1.165) is 23.9 Å². The summed E-state index contributed by atoms with van der Waals surface area (Å²) in [6, 6.07) is 6.05. The van der Waals surface area contributed by atoms with Crippen molar-refractivity contribution < 1.29 is 5.11 Å². The molecule has 19 heavy (non-hydrogen) atoms. The molecule has 1 aromatic rings. The summed E-state index contributed by atoms with van der Waals surface area (Å²) in [5, 5.41) is 13.5. The molecule has 1 aromatic carbocycles. The van der Waals surface area contributed by atoms with Crippen LogP contribution in [0.1, 0.15) is 56.7 Å². The van der Waals surface area contributed by atoms with Crippen LogP contribution < -0.4 is 5.32 Å². The number of rotatable bonds is 4. The molecule has 2 rings (SSSR count). The molecule has 1 atom stereocenters. The lowest BCUT2D eigenvalue weighted by Gasteiger charge is -2.27. The number of benzene rings is 1. The van der Waals surface area contributed by atoms with Gasteiger partial charge < -0.3 is 10.4 Å². The lowest BCUT2D eigenvalue weighted by atomic mass is 9.83. The number of aryl methyl sites for hydroxylation is 1. The maximum Gasteiger partial charge on any atom is 0.120 e. The first-order valence-corrected chi connectivity index (χ1v) is 7.59. The first-order valence-electron chi connectivity index (χ1n) is 7.59. The van der Waals surface area contributed by atoms with E-state index < -0.39 is 0 Å². The highest BCUT2D eigenvalue weighted by Crippen LogP contribution is 2.29. The van der Waals surface area contributed by atoms with E-state index >= 15 is 0 Å². The Bertz CT molecular complexity index is 408. The summed E-state index contributed by atoms with van der Waals surface area (Å²) in [6.07, 6.45) is 5.44. The average Bonchev–Trinajstić information content (AvgIpc) is 2.40. The first kappa shape index (κ1) is 14.4. The summed E-state index contributed by atoms with van der Waals surface area (Å²) >= 11 is 0. The molecule has 0 amide bonds. The monoisotopic (exact) mass is 261 g/mol. The maximum absolute atomic E-state index is 9.94. The molecule has 2 N–H and O–H groups in total. The van der Waals surface area contributed by atoms with Gasteiger partial charge in [-0.3, -0.25) is 0 Å². The molecule has 106 valence electrons. The molecular weight excluding hydrogens is 234 g/mol. The van der Waals surface area contributed by atoms with Gasteiger partial charge in [0.1, 0.15) is 5.75 Å². The predicted molar refractivity (Wildman–Crippen MR) is 80.4 cm³/mol. The highest BCUT2D eigenvalue weighted by Gasteiger charge is 2.19. The van der Waals surface area contributed by atoms with Gasteiger partial charge in [0.15, 0.2) is 0 Å². The van der Waals surface area contributed by atoms with Crippen molar-refractivity contribution in [1.29, 1.82) is 0 Å². The second-order valence-electron chi connectivity index (χ2n) is 6.32. The molecule has 1 aliphatic rings. The molecule has 1 fully saturated rings. The van der Waals surface area contributed by atoms with E-state index in [0.29, 0.717) is 5.75 Å². The van der Waals surface area contributed by atoms with Gasteiger partial charge in [-0.15, -0.1) is 0 Å². The SMILES string of the molecule is Cc1ccc(O)c(C(C)NCC2CCC(C)CC2)c1. The Balaban J connectivity index is 1.87. The van der Waals surface area contributed by atoms with Crippen molar-refractivity contribution in [3.8, 4) is 5.75 Å². The average molecular weight is 261 g/mol. The van der Waals surface area contributed by atoms with E-state index in [-0.39, 0.29) is 6.04 Å². The van der Waals surface area contributed by atoms with Crippen molar-refractivity contribution in [2.24, 2.45) is 11.8 Å². The molecule has 1 unspecified atom stereocenters. The van der Waals surface area contributed by atoms with Crippen LogP contribution in [-0.4, -0.2) is 11.7 Å². The standard InChI is InChI=1S/C17H27NO/c1-12-4-7-15(8-5-12)11-18-14(3)16-10-13(2)6-9-17(16)19/h6,9-10,12,14-15,18-19H,4-5,7-8,11H2,1-3H3. The van der Waals surface area contributed by atoms with Gasteiger partial charge in [0.2, 0.25) is 0 Å². The number of hydrogen-bond acceptors (Lipinski definition) is 2. The summed E-state index contributed by atoms with van der Waals surface area (Å²) in [5.41, 5.74) is 2.22. The molecule has 0 bridgehead atoms. The summed E-state index contributed by atoms with van der Waals surface area (Å²) in [6.45, 7) is 7.64. The fourth-order valence-corrected chi connectivity index (χ4v) is 3.01. The molecule has 0 heterocycles. The van der Waals surface area contributed by atoms with Crippen molar-refractivity contribution in [2.75, 3.05) is 6.54 Å². The van der Waals surface area contributed by atoms with Gasteiger partial charge in [-0.2, -0.15) is 0 Å². The van der Waals surface area contributed by atoms with Crippen LogP contribution in [0.25, 0.3) is 0 Å². The number of phenols is 1. The summed E-state index contributed by atoms with van der Waals surface area (Å²) in [4.78, 5) is 0. The van der Waals surface area contributed by atoms with Crippen molar-refractivity contribution in [3.05, 3.63) is 29.3 Å². The Morgan fingerprint density at radius 1 is 1.26 bits per heavy atom. The van der Waals surface area contributed by atoms with E-state index in [2.05, 4.69) is 32.2 Å². The largest absolute Gasteiger partial charge is 0.508 e. The number of phenolic OH excluding ortho intramolecular Hbond substituents is 1. The van der Waals surface area contributed by atoms with E-state index in [4.69, 9.17) is 0 Å². The quantitative estimate of drug-likeness (QED) is 0.852. The minimum absolute atomic E-state index is 0.222. The molecule has 0 radical (unpaired) electrons. The van der Waals surface area contributed by atoms with Gasteiger partial charge in [-0.05, 0) is 51.1 Å². The number of nitrogens with one attached hydrogen (secondary N) is 1. The van der Waals surface area contributed by atoms with Crippen LogP contribution in [0.4, 0.5) is 0 Å². The van der Waals surface area contributed by atoms with Gasteiger partial charge in [0.25, 0.3) is 0 Å². The lowest BCUT2D eigenvalue weighted by molar-refractivity contribution is 0.275. The molecule has 2 nitrogen and oxygen atoms in total. The minimum Gasteiger partial charge on any atom is -0.508 e. The van der Waals surface area contributed by atoms with Gasteiger partial charge in [0, 0.05) is 11.6 Å². The Morgan fingerprint density at radius 3 is 2.63 bits per heavy atom. The van der Waals surface area contributed by atoms with Crippen LogP contribution in [0.2, 0.25) is 0 Å². The Labute approximate surface area is 117 Å². The Hall–Kier alpha value is -1.02. The normalized spacial score (nSPS) is 25.2. The second-order valence-corrected chi connectivity index (χ2v) is 6.32. The van der Waals surface area contributed by atoms with Crippen LogP contribution in [0.15, 0.2) is 18.2 Å². The van der Waals surface area contributed by atoms with Crippen molar-refractivity contribution in [2.45, 2.75) is 52.5 Å². The molecule has 0 saturated heterocycles. The van der Waals surface area contributed by atoms with Crippen molar-refractivity contribution in [1.82, 2.24) is 5.32 Å². The summed E-state index contributed by atoms with van der Waals surface area (Å²) in [7, 11) is 0. The Morgan fingerprint density at radius 2 is 1.95 bits per heavy atom. The smallest absolute Gasteiger partial charge is 0.120 e. The molecular formula is C17H27NO. The van der Waals surface area contributed by atoms with Gasteiger partial charge in [-0.25, -0.2) is 0 Å². The highest BCUT2D eigenvalue weighted by molar-refractivity contribution is 5.37. The topological polar surface area (TPSA) is 32.3 Å². The fourth-order valence-electron chi connectivity index (χ4n) is 3.01. The zero-order chi connectivity index (χ0) is 13.8. The maximum atomic E-state index is 9.94. The van der Waals surface area contributed by atoms with Crippen LogP contribution in [-0.2, 0) is 0 Å². The van der Waals surface area contributed by atoms with E-state index in [1.54, 1.807) is 6.07 Å². The second kappa shape index (κ2) is 6.42. The summed E-state index contributed by atoms with van der Waals surface area (Å²) in [5.74, 6) is 2.13. The molecule has 1 saturated carbocycles. The van der Waals surface area contributed by atoms with Crippen LogP contribution in [0, 0.1) is 18.8 Å². The third kappa shape index (κ3) is 3.97. The minimum atomic E-state index is 0.222. The Kier molecular flexibility index (Phi) is 4.87. The zero-order valence-electron chi connectivity index (χ0n) is 12.4. The third-order valence-electron chi connectivity index (χ3n) is 4.50. The van der Waals surface area contributed by atoms with Gasteiger partial charge in [0.05, 0.1) is 0 Å².